The summed E-state index contributed by atoms with van der Waals surface area (Å²) in [4.78, 5) is 18.2. The number of aliphatic hydroxyl groups is 1. The van der Waals surface area contributed by atoms with Crippen molar-refractivity contribution in [2.24, 2.45) is 5.73 Å². The standard InChI is InChI=1S/C13H21N3O3/c1-8-5-3-4-6-16(8)13(18)10-7-19-12(15-10)11(14)9(2)17/h7-9,11,17H,3-6,14H2,1-2H3. The molecule has 1 aliphatic rings. The van der Waals surface area contributed by atoms with E-state index in [0.29, 0.717) is 0 Å². The Kier molecular flexibility index (Phi) is 4.21. The molecule has 6 nitrogen and oxygen atoms in total. The lowest BCUT2D eigenvalue weighted by molar-refractivity contribution is 0.0629. The molecule has 1 fully saturated rings. The van der Waals surface area contributed by atoms with Crippen molar-refractivity contribution in [1.29, 1.82) is 0 Å². The lowest BCUT2D eigenvalue weighted by atomic mass is 10.0. The number of likely N-dealkylation sites (tertiary alicyclic amines) is 1. The molecule has 3 unspecified atom stereocenters. The molecule has 1 aromatic rings. The second-order valence-corrected chi connectivity index (χ2v) is 5.18. The zero-order valence-electron chi connectivity index (χ0n) is 11.4. The van der Waals surface area contributed by atoms with Gasteiger partial charge in [-0.2, -0.15) is 0 Å². The molecule has 106 valence electrons. The van der Waals surface area contributed by atoms with Crippen LogP contribution in [0.2, 0.25) is 0 Å². The molecule has 0 aromatic carbocycles. The number of rotatable bonds is 3. The van der Waals surface area contributed by atoms with Crippen molar-refractivity contribution in [3.05, 3.63) is 17.8 Å². The number of hydrogen-bond donors (Lipinski definition) is 2. The van der Waals surface area contributed by atoms with E-state index in [4.69, 9.17) is 10.2 Å². The van der Waals surface area contributed by atoms with Gasteiger partial charge in [-0.15, -0.1) is 0 Å². The number of carbonyl (C=O) groups is 1. The molecule has 0 spiro atoms. The van der Waals surface area contributed by atoms with Gasteiger partial charge < -0.3 is 20.2 Å². The minimum Gasteiger partial charge on any atom is -0.446 e. The third-order valence-electron chi connectivity index (χ3n) is 3.61. The van der Waals surface area contributed by atoms with E-state index in [0.717, 1.165) is 25.8 Å². The first kappa shape index (κ1) is 14.0. The molecule has 1 aliphatic heterocycles. The average Bonchev–Trinajstić information content (AvgIpc) is 2.87. The maximum Gasteiger partial charge on any atom is 0.276 e. The Hall–Kier alpha value is -1.40. The number of amides is 1. The number of nitrogens with two attached hydrogens (primary N) is 1. The van der Waals surface area contributed by atoms with Gasteiger partial charge in [0.1, 0.15) is 12.3 Å². The van der Waals surface area contributed by atoms with Gasteiger partial charge in [0.15, 0.2) is 5.69 Å². The molecule has 3 N–H and O–H groups in total. The van der Waals surface area contributed by atoms with Crippen LogP contribution in [0.3, 0.4) is 0 Å². The van der Waals surface area contributed by atoms with E-state index in [1.54, 1.807) is 6.92 Å². The predicted molar refractivity (Wildman–Crippen MR) is 69.5 cm³/mol. The van der Waals surface area contributed by atoms with Crippen LogP contribution in [0.4, 0.5) is 0 Å². The summed E-state index contributed by atoms with van der Waals surface area (Å²) in [5.74, 6) is 0.0722. The molecule has 3 atom stereocenters. The van der Waals surface area contributed by atoms with E-state index in [1.165, 1.54) is 6.26 Å². The lowest BCUT2D eigenvalue weighted by Crippen LogP contribution is -2.42. The Balaban J connectivity index is 2.11. The normalized spacial score (nSPS) is 23.2. The minimum absolute atomic E-state index is 0.125. The molecule has 1 saturated heterocycles. The number of carbonyl (C=O) groups excluding carboxylic acids is 1. The van der Waals surface area contributed by atoms with Gasteiger partial charge in [-0.05, 0) is 33.1 Å². The lowest BCUT2D eigenvalue weighted by Gasteiger charge is -2.32. The van der Waals surface area contributed by atoms with Crippen molar-refractivity contribution >= 4 is 5.91 Å². The molecule has 0 aliphatic carbocycles. The van der Waals surface area contributed by atoms with Crippen molar-refractivity contribution in [2.75, 3.05) is 6.54 Å². The molecule has 19 heavy (non-hydrogen) atoms. The highest BCUT2D eigenvalue weighted by atomic mass is 16.3. The average molecular weight is 267 g/mol. The summed E-state index contributed by atoms with van der Waals surface area (Å²) in [7, 11) is 0. The highest BCUT2D eigenvalue weighted by molar-refractivity contribution is 5.92. The fourth-order valence-corrected chi connectivity index (χ4v) is 2.29. The van der Waals surface area contributed by atoms with Crippen LogP contribution in [0.5, 0.6) is 0 Å². The van der Waals surface area contributed by atoms with E-state index < -0.39 is 12.1 Å². The summed E-state index contributed by atoms with van der Waals surface area (Å²) in [6.45, 7) is 4.35. The number of oxazole rings is 1. The first-order valence-electron chi connectivity index (χ1n) is 6.70. The van der Waals surface area contributed by atoms with Crippen LogP contribution in [-0.4, -0.2) is 39.6 Å². The summed E-state index contributed by atoms with van der Waals surface area (Å²) in [6.07, 6.45) is 3.75. The first-order chi connectivity index (χ1) is 9.00. The van der Waals surface area contributed by atoms with Crippen LogP contribution in [0.15, 0.2) is 10.7 Å². The molecular formula is C13H21N3O3. The highest BCUT2D eigenvalue weighted by Crippen LogP contribution is 2.20. The third kappa shape index (κ3) is 2.96. The summed E-state index contributed by atoms with van der Waals surface area (Å²) in [5.41, 5.74) is 5.99. The van der Waals surface area contributed by atoms with E-state index in [-0.39, 0.29) is 23.5 Å². The second-order valence-electron chi connectivity index (χ2n) is 5.18. The van der Waals surface area contributed by atoms with Crippen LogP contribution in [0.1, 0.15) is 55.5 Å². The zero-order chi connectivity index (χ0) is 14.0. The van der Waals surface area contributed by atoms with E-state index in [1.807, 2.05) is 11.8 Å². The quantitative estimate of drug-likeness (QED) is 0.854. The van der Waals surface area contributed by atoms with Gasteiger partial charge >= 0.3 is 0 Å². The molecule has 1 aromatic heterocycles. The number of nitrogens with zero attached hydrogens (tertiary/aromatic N) is 2. The number of aromatic nitrogens is 1. The summed E-state index contributed by atoms with van der Waals surface area (Å²) in [6, 6.07) is -0.479. The molecule has 0 saturated carbocycles. The molecular weight excluding hydrogens is 246 g/mol. The van der Waals surface area contributed by atoms with E-state index in [2.05, 4.69) is 4.98 Å². The highest BCUT2D eigenvalue weighted by Gasteiger charge is 2.27. The van der Waals surface area contributed by atoms with Crippen LogP contribution in [0, 0.1) is 0 Å². The maximum absolute atomic E-state index is 12.3. The van der Waals surface area contributed by atoms with Gasteiger partial charge in [0.05, 0.1) is 6.10 Å². The predicted octanol–water partition coefficient (Wildman–Crippen LogP) is 1.07. The topological polar surface area (TPSA) is 92.6 Å². The summed E-state index contributed by atoms with van der Waals surface area (Å²) in [5, 5.41) is 9.39. The SMILES string of the molecule is CC(O)C(N)c1nc(C(=O)N2CCCCC2C)co1. The smallest absolute Gasteiger partial charge is 0.276 e. The second kappa shape index (κ2) is 5.71. The summed E-state index contributed by atoms with van der Waals surface area (Å²) >= 11 is 0. The molecule has 0 bridgehead atoms. The Morgan fingerprint density at radius 1 is 1.63 bits per heavy atom. The maximum atomic E-state index is 12.3. The Morgan fingerprint density at radius 2 is 2.37 bits per heavy atom. The zero-order valence-corrected chi connectivity index (χ0v) is 11.4. The fraction of sp³-hybridized carbons (Fsp3) is 0.692. The van der Waals surface area contributed by atoms with Gasteiger partial charge in [0.25, 0.3) is 5.91 Å². The largest absolute Gasteiger partial charge is 0.446 e. The van der Waals surface area contributed by atoms with Gasteiger partial charge in [0.2, 0.25) is 5.89 Å². The Labute approximate surface area is 112 Å². The molecule has 2 rings (SSSR count). The molecule has 1 amide bonds. The monoisotopic (exact) mass is 267 g/mol. The van der Waals surface area contributed by atoms with Crippen molar-refractivity contribution in [1.82, 2.24) is 9.88 Å². The molecule has 0 radical (unpaired) electrons. The van der Waals surface area contributed by atoms with Crippen LogP contribution in [-0.2, 0) is 0 Å². The van der Waals surface area contributed by atoms with Gasteiger partial charge in [0, 0.05) is 12.6 Å². The van der Waals surface area contributed by atoms with Crippen LogP contribution >= 0.6 is 0 Å². The summed E-state index contributed by atoms with van der Waals surface area (Å²) < 4.78 is 5.19. The van der Waals surface area contributed by atoms with Gasteiger partial charge in [-0.25, -0.2) is 4.98 Å². The minimum atomic E-state index is -0.768. The van der Waals surface area contributed by atoms with Crippen LogP contribution < -0.4 is 5.73 Å². The van der Waals surface area contributed by atoms with Crippen molar-refractivity contribution in [3.8, 4) is 0 Å². The number of piperidine rings is 1. The molecule has 2 heterocycles. The fourth-order valence-electron chi connectivity index (χ4n) is 2.29. The van der Waals surface area contributed by atoms with Gasteiger partial charge in [-0.3, -0.25) is 4.79 Å². The Bertz CT molecular complexity index is 444. The van der Waals surface area contributed by atoms with Crippen molar-refractivity contribution in [2.45, 2.75) is 51.3 Å². The van der Waals surface area contributed by atoms with E-state index >= 15 is 0 Å². The van der Waals surface area contributed by atoms with Gasteiger partial charge in [-0.1, -0.05) is 0 Å². The number of aliphatic hydroxyl groups excluding tert-OH is 1. The van der Waals surface area contributed by atoms with E-state index in [9.17, 15) is 9.90 Å². The third-order valence-corrected chi connectivity index (χ3v) is 3.61. The molecule has 6 heteroatoms. The van der Waals surface area contributed by atoms with Crippen LogP contribution in [0.25, 0.3) is 0 Å². The number of hydrogen-bond acceptors (Lipinski definition) is 5. The first-order valence-corrected chi connectivity index (χ1v) is 6.70. The van der Waals surface area contributed by atoms with Crippen molar-refractivity contribution < 1.29 is 14.3 Å². The van der Waals surface area contributed by atoms with Crippen molar-refractivity contribution in [3.63, 3.8) is 0 Å². The Morgan fingerprint density at radius 3 is 3.00 bits per heavy atom.